The molecule has 0 aromatic heterocycles. The highest BCUT2D eigenvalue weighted by atomic mass is 19.4. The van der Waals surface area contributed by atoms with Crippen LogP contribution in [0.3, 0.4) is 0 Å². The predicted octanol–water partition coefficient (Wildman–Crippen LogP) is 2.74. The molecule has 0 aliphatic rings. The van der Waals surface area contributed by atoms with Crippen LogP contribution < -0.4 is 0 Å². The van der Waals surface area contributed by atoms with Gasteiger partial charge in [-0.3, -0.25) is 9.44 Å². The van der Waals surface area contributed by atoms with Gasteiger partial charge in [-0.1, -0.05) is 0 Å². The summed E-state index contributed by atoms with van der Waals surface area (Å²) in [5.74, 6) is 0. The Bertz CT molecular complexity index is 207. The minimum atomic E-state index is -6.04. The summed E-state index contributed by atoms with van der Waals surface area (Å²) in [4.78, 5) is 1.44. The van der Waals surface area contributed by atoms with E-state index in [-0.39, 0.29) is 4.70 Å². The van der Waals surface area contributed by atoms with E-state index in [0.717, 1.165) is 0 Å². The maximum Gasteiger partial charge on any atom is 0.492 e. The molecule has 0 amide bonds. The van der Waals surface area contributed by atoms with Crippen LogP contribution >= 0.6 is 0 Å². The third-order valence-electron chi connectivity index (χ3n) is 0.905. The third-order valence-corrected chi connectivity index (χ3v) is 0.905. The third kappa shape index (κ3) is 4.40. The van der Waals surface area contributed by atoms with Gasteiger partial charge >= 0.3 is 18.5 Å². The van der Waals surface area contributed by atoms with Crippen LogP contribution in [0.5, 0.6) is 0 Å². The summed E-state index contributed by atoms with van der Waals surface area (Å²) in [5, 5.41) is 0. The molecule has 100 valence electrons. The molecule has 3 nitrogen and oxygen atoms in total. The highest BCUT2D eigenvalue weighted by Gasteiger charge is 2.66. The van der Waals surface area contributed by atoms with E-state index >= 15 is 0 Å². The number of ether oxygens (including phenoxy) is 2. The first kappa shape index (κ1) is 17.6. The first-order chi connectivity index (χ1) is 6.58. The summed E-state index contributed by atoms with van der Waals surface area (Å²) in [6.07, 6.45) is -17.4. The molecule has 0 saturated heterocycles. The van der Waals surface area contributed by atoms with Crippen molar-refractivity contribution in [1.82, 2.24) is 0 Å². The van der Waals surface area contributed by atoms with Crippen molar-refractivity contribution in [3.05, 3.63) is 0 Å². The van der Waals surface area contributed by atoms with Crippen molar-refractivity contribution in [2.75, 3.05) is 6.86 Å². The zero-order valence-electron chi connectivity index (χ0n) is 6.86. The maximum absolute atomic E-state index is 12.0. The smallest absolute Gasteiger partial charge is 0.269 e. The Kier molecular flexibility index (Phi) is 6.11. The van der Waals surface area contributed by atoms with Crippen LogP contribution in [0.2, 0.25) is 0 Å². The van der Waals surface area contributed by atoms with E-state index in [1.54, 1.807) is 0 Å². The molecule has 0 bridgehead atoms. The van der Waals surface area contributed by atoms with Crippen molar-refractivity contribution >= 4 is 0 Å². The van der Waals surface area contributed by atoms with Crippen molar-refractivity contribution < 1.29 is 54.4 Å². The molecule has 0 aliphatic heterocycles. The molecule has 12 heteroatoms. The zero-order valence-corrected chi connectivity index (χ0v) is 6.86. The lowest BCUT2D eigenvalue weighted by Gasteiger charge is -2.25. The molecule has 16 heavy (non-hydrogen) atoms. The molecule has 0 radical (unpaired) electrons. The highest BCUT2D eigenvalue weighted by Crippen LogP contribution is 2.40. The zero-order chi connectivity index (χ0) is 12.3. The SMILES string of the molecule is F.FCOC(F)(F)OC(F)(F)C(F)(F)OF. The van der Waals surface area contributed by atoms with E-state index in [1.165, 1.54) is 4.94 Å². The van der Waals surface area contributed by atoms with Crippen LogP contribution in [0.1, 0.15) is 0 Å². The fourth-order valence-electron chi connectivity index (χ4n) is 0.347. The lowest BCUT2D eigenvalue weighted by Crippen LogP contribution is -2.48. The molecule has 0 fully saturated rings. The number of rotatable bonds is 6. The quantitative estimate of drug-likeness (QED) is 0.548. The second kappa shape index (κ2) is 5.54. The first-order valence-corrected chi connectivity index (χ1v) is 2.91. The Balaban J connectivity index is 0. The molecule has 0 heterocycles. The van der Waals surface area contributed by atoms with Gasteiger partial charge in [0.25, 0.3) is 0 Å². The van der Waals surface area contributed by atoms with Gasteiger partial charge in [-0.25, -0.2) is 9.13 Å². The maximum atomic E-state index is 12.0. The molecule has 0 aliphatic carbocycles. The van der Waals surface area contributed by atoms with Gasteiger partial charge in [-0.2, -0.15) is 17.6 Å². The summed E-state index contributed by atoms with van der Waals surface area (Å²) >= 11 is 0. The van der Waals surface area contributed by atoms with Crippen LogP contribution in [-0.2, 0) is 14.4 Å². The van der Waals surface area contributed by atoms with Gasteiger partial charge in [0.05, 0.1) is 0 Å². The van der Waals surface area contributed by atoms with Gasteiger partial charge in [0.2, 0.25) is 0 Å². The van der Waals surface area contributed by atoms with Gasteiger partial charge in [-0.15, -0.1) is 13.7 Å². The number of alkyl halides is 7. The van der Waals surface area contributed by atoms with E-state index in [0.29, 0.717) is 0 Å². The average Bonchev–Trinajstić information content (AvgIpc) is 2.01. The lowest BCUT2D eigenvalue weighted by atomic mass is 10.6. The second-order valence-corrected chi connectivity index (χ2v) is 1.93. The van der Waals surface area contributed by atoms with E-state index in [4.69, 9.17) is 0 Å². The minimum absolute atomic E-state index is 0. The standard InChI is InChI=1S/C4H2F8O3.FH/c5-1-13-4(10,11)14-2(6,7)3(8,9)15-12;/h1H2;1H. The molecule has 0 rings (SSSR count). The second-order valence-electron chi connectivity index (χ2n) is 1.93. The minimum Gasteiger partial charge on any atom is -0.269 e. The topological polar surface area (TPSA) is 27.7 Å². The fourth-order valence-corrected chi connectivity index (χ4v) is 0.347. The largest absolute Gasteiger partial charge is 0.492 e. The molecular formula is C4H3F9O3. The van der Waals surface area contributed by atoms with Crippen LogP contribution in [0.15, 0.2) is 0 Å². The van der Waals surface area contributed by atoms with E-state index < -0.39 is 25.4 Å². The summed E-state index contributed by atoms with van der Waals surface area (Å²) in [6, 6.07) is 0. The van der Waals surface area contributed by atoms with Gasteiger partial charge in [0.1, 0.15) is 0 Å². The van der Waals surface area contributed by atoms with Crippen molar-refractivity contribution in [2.45, 2.75) is 18.5 Å². The van der Waals surface area contributed by atoms with Crippen LogP contribution in [0, 0.1) is 0 Å². The van der Waals surface area contributed by atoms with Crippen molar-refractivity contribution in [1.29, 1.82) is 0 Å². The van der Waals surface area contributed by atoms with Crippen LogP contribution in [-0.4, -0.2) is 25.4 Å². The summed E-state index contributed by atoms with van der Waals surface area (Å²) in [6.45, 7) is -2.29. The fraction of sp³-hybridized carbons (Fsp3) is 1.00. The van der Waals surface area contributed by atoms with Gasteiger partial charge in [-0.05, 0) is 4.53 Å². The van der Waals surface area contributed by atoms with E-state index in [9.17, 15) is 35.3 Å². The Morgan fingerprint density at radius 1 is 0.875 bits per heavy atom. The Labute approximate surface area is 81.1 Å². The van der Waals surface area contributed by atoms with Gasteiger partial charge in [0, 0.05) is 0 Å². The summed E-state index contributed by atoms with van der Waals surface area (Å²) in [5.41, 5.74) is 0. The van der Waals surface area contributed by atoms with Crippen LogP contribution in [0.25, 0.3) is 0 Å². The molecule has 0 saturated carbocycles. The Hall–Kier alpha value is -0.750. The summed E-state index contributed by atoms with van der Waals surface area (Å²) < 4.78 is 98.0. The summed E-state index contributed by atoms with van der Waals surface area (Å²) in [7, 11) is 0. The normalized spacial score (nSPS) is 13.5. The van der Waals surface area contributed by atoms with E-state index in [2.05, 4.69) is 9.47 Å². The monoisotopic (exact) mass is 270 g/mol. The van der Waals surface area contributed by atoms with Crippen LogP contribution in [0.4, 0.5) is 40.0 Å². The average molecular weight is 270 g/mol. The molecular weight excluding hydrogens is 267 g/mol. The van der Waals surface area contributed by atoms with Crippen molar-refractivity contribution in [3.8, 4) is 0 Å². The molecule has 0 N–H and O–H groups in total. The van der Waals surface area contributed by atoms with Crippen molar-refractivity contribution in [3.63, 3.8) is 0 Å². The lowest BCUT2D eigenvalue weighted by molar-refractivity contribution is -0.548. The van der Waals surface area contributed by atoms with Gasteiger partial charge in [0.15, 0.2) is 6.86 Å². The van der Waals surface area contributed by atoms with E-state index in [1.807, 2.05) is 0 Å². The van der Waals surface area contributed by atoms with Crippen molar-refractivity contribution in [2.24, 2.45) is 0 Å². The first-order valence-electron chi connectivity index (χ1n) is 2.91. The Morgan fingerprint density at radius 2 is 1.31 bits per heavy atom. The molecule has 0 spiro atoms. The molecule has 0 unspecified atom stereocenters. The highest BCUT2D eigenvalue weighted by molar-refractivity contribution is 4.65. The molecule has 0 aromatic rings. The molecule has 0 atom stereocenters. The number of hydrogen-bond acceptors (Lipinski definition) is 3. The Morgan fingerprint density at radius 3 is 1.62 bits per heavy atom. The number of halogens is 9. The molecule has 0 aromatic carbocycles. The predicted molar refractivity (Wildman–Crippen MR) is 27.7 cm³/mol. The number of hydrogen-bond donors (Lipinski definition) is 0. The van der Waals surface area contributed by atoms with Gasteiger partial charge < -0.3 is 0 Å².